The Balaban J connectivity index is 2.04. The van der Waals surface area contributed by atoms with Crippen LogP contribution in [0.4, 0.5) is 4.39 Å². The van der Waals surface area contributed by atoms with Crippen LogP contribution in [0.15, 0.2) is 18.3 Å². The Morgan fingerprint density at radius 2 is 2.14 bits per heavy atom. The molecule has 0 bridgehead atoms. The molecule has 2 aromatic rings. The number of fused-ring (bicyclic) bond motifs is 1. The Morgan fingerprint density at radius 3 is 2.82 bits per heavy atom. The molecule has 1 unspecified atom stereocenters. The summed E-state index contributed by atoms with van der Waals surface area (Å²) < 4.78 is 26.3. The number of ether oxygens (including phenoxy) is 1. The molecule has 0 saturated carbocycles. The molecule has 1 aromatic heterocycles. The number of aromatic nitrogens is 2. The third-order valence-corrected chi connectivity index (χ3v) is 3.48. The molecule has 0 amide bonds. The maximum absolute atomic E-state index is 14.1. The lowest BCUT2D eigenvalue weighted by Gasteiger charge is -2.24. The second-order valence-electron chi connectivity index (χ2n) is 4.84. The molecule has 3 rings (SSSR count). The average Bonchev–Trinajstić information content (AvgIpc) is 2.99. The van der Waals surface area contributed by atoms with Crippen LogP contribution in [-0.2, 0) is 14.3 Å². The van der Waals surface area contributed by atoms with Gasteiger partial charge in [0.15, 0.2) is 17.8 Å². The average molecular weight is 312 g/mol. The predicted molar refractivity (Wildman–Crippen MR) is 72.3 cm³/mol. The zero-order valence-electron chi connectivity index (χ0n) is 11.5. The van der Waals surface area contributed by atoms with Crippen molar-refractivity contribution < 1.29 is 33.9 Å². The second-order valence-corrected chi connectivity index (χ2v) is 4.84. The molecule has 22 heavy (non-hydrogen) atoms. The van der Waals surface area contributed by atoms with E-state index in [4.69, 9.17) is 19.9 Å². The standard InChI is InChI=1S/C12H14BFN2O6/c14-9-5-4-8-7-15-16(10-3-1-2-6-19-10)11(8)12(9)20-13(21-17)22-18/h4-5,7,10,17-18H,1-3,6H2. The van der Waals surface area contributed by atoms with Crippen molar-refractivity contribution in [2.45, 2.75) is 25.5 Å². The number of hydrogen-bond donors (Lipinski definition) is 2. The minimum atomic E-state index is -1.88. The summed E-state index contributed by atoms with van der Waals surface area (Å²) in [6.07, 6.45) is 3.89. The van der Waals surface area contributed by atoms with Gasteiger partial charge in [-0.05, 0) is 31.4 Å². The van der Waals surface area contributed by atoms with Crippen molar-refractivity contribution in [3.8, 4) is 5.75 Å². The van der Waals surface area contributed by atoms with Gasteiger partial charge in [-0.2, -0.15) is 5.10 Å². The van der Waals surface area contributed by atoms with Gasteiger partial charge in [0.05, 0.1) is 6.20 Å². The van der Waals surface area contributed by atoms with Crippen LogP contribution in [-0.4, -0.2) is 34.2 Å². The molecule has 0 radical (unpaired) electrons. The van der Waals surface area contributed by atoms with Gasteiger partial charge in [-0.15, -0.1) is 0 Å². The van der Waals surface area contributed by atoms with Crippen LogP contribution < -0.4 is 4.65 Å². The van der Waals surface area contributed by atoms with Gasteiger partial charge in [0.2, 0.25) is 0 Å². The van der Waals surface area contributed by atoms with Gasteiger partial charge in [0.25, 0.3) is 0 Å². The molecular weight excluding hydrogens is 298 g/mol. The third kappa shape index (κ3) is 2.79. The van der Waals surface area contributed by atoms with Gasteiger partial charge < -0.3 is 9.39 Å². The molecule has 1 aliphatic rings. The molecule has 1 aromatic carbocycles. The van der Waals surface area contributed by atoms with Gasteiger partial charge in [0, 0.05) is 12.0 Å². The summed E-state index contributed by atoms with van der Waals surface area (Å²) in [6.45, 7) is 0.597. The first-order valence-corrected chi connectivity index (χ1v) is 6.79. The van der Waals surface area contributed by atoms with E-state index in [1.807, 2.05) is 0 Å². The first kappa shape index (κ1) is 15.2. The number of hydrogen-bond acceptors (Lipinski definition) is 7. The smallest absolute Gasteiger partial charge is 0.505 e. The van der Waals surface area contributed by atoms with Crippen molar-refractivity contribution >= 4 is 18.2 Å². The Kier molecular flexibility index (Phi) is 4.55. The summed E-state index contributed by atoms with van der Waals surface area (Å²) >= 11 is 0. The van der Waals surface area contributed by atoms with Crippen LogP contribution in [0, 0.1) is 5.82 Å². The predicted octanol–water partition coefficient (Wildman–Crippen LogP) is 2.22. The lowest BCUT2D eigenvalue weighted by molar-refractivity contribution is -0.242. The fourth-order valence-corrected chi connectivity index (χ4v) is 2.49. The van der Waals surface area contributed by atoms with E-state index in [-0.39, 0.29) is 12.0 Å². The van der Waals surface area contributed by atoms with Crippen molar-refractivity contribution in [1.82, 2.24) is 9.78 Å². The second kappa shape index (κ2) is 6.59. The quantitative estimate of drug-likeness (QED) is 0.496. The molecule has 1 saturated heterocycles. The fourth-order valence-electron chi connectivity index (χ4n) is 2.49. The van der Waals surface area contributed by atoms with E-state index >= 15 is 0 Å². The van der Waals surface area contributed by atoms with Crippen molar-refractivity contribution in [3.63, 3.8) is 0 Å². The Hall–Kier alpha value is -1.72. The molecule has 10 heteroatoms. The molecular formula is C12H14BFN2O6. The Bertz CT molecular complexity index is 644. The molecule has 8 nitrogen and oxygen atoms in total. The number of benzene rings is 1. The van der Waals surface area contributed by atoms with E-state index in [1.165, 1.54) is 10.7 Å². The Labute approximate surface area is 125 Å². The summed E-state index contributed by atoms with van der Waals surface area (Å²) in [5.41, 5.74) is 0.325. The normalized spacial score (nSPS) is 18.6. The minimum absolute atomic E-state index is 0.266. The molecule has 1 fully saturated rings. The van der Waals surface area contributed by atoms with Crippen molar-refractivity contribution in [1.29, 1.82) is 0 Å². The molecule has 0 aliphatic carbocycles. The van der Waals surface area contributed by atoms with E-state index in [2.05, 4.69) is 14.7 Å². The maximum atomic E-state index is 14.1. The SMILES string of the molecule is OOB(OO)Oc1c(F)ccc2cnn(C3CCCCO3)c12. The van der Waals surface area contributed by atoms with Gasteiger partial charge in [-0.3, -0.25) is 10.5 Å². The van der Waals surface area contributed by atoms with Crippen molar-refractivity contribution in [2.24, 2.45) is 0 Å². The number of nitrogens with zero attached hydrogens (tertiary/aromatic N) is 2. The van der Waals surface area contributed by atoms with Crippen LogP contribution in [0.5, 0.6) is 5.75 Å². The van der Waals surface area contributed by atoms with Crippen molar-refractivity contribution in [2.75, 3.05) is 6.61 Å². The highest BCUT2D eigenvalue weighted by molar-refractivity contribution is 6.36. The monoisotopic (exact) mass is 312 g/mol. The summed E-state index contributed by atoms with van der Waals surface area (Å²) in [5.74, 6) is -0.985. The maximum Gasteiger partial charge on any atom is 0.770 e. The molecule has 2 heterocycles. The van der Waals surface area contributed by atoms with E-state index < -0.39 is 13.1 Å². The molecule has 2 N–H and O–H groups in total. The van der Waals surface area contributed by atoms with Crippen LogP contribution >= 0.6 is 0 Å². The molecule has 118 valence electrons. The Morgan fingerprint density at radius 1 is 1.32 bits per heavy atom. The minimum Gasteiger partial charge on any atom is -0.505 e. The lowest BCUT2D eigenvalue weighted by atomic mass is 10.1. The van der Waals surface area contributed by atoms with E-state index in [9.17, 15) is 4.39 Å². The van der Waals surface area contributed by atoms with Crippen LogP contribution in [0.1, 0.15) is 25.5 Å². The van der Waals surface area contributed by atoms with Crippen LogP contribution in [0.3, 0.4) is 0 Å². The van der Waals surface area contributed by atoms with E-state index in [0.29, 0.717) is 17.5 Å². The third-order valence-electron chi connectivity index (χ3n) is 3.48. The van der Waals surface area contributed by atoms with Gasteiger partial charge in [0.1, 0.15) is 5.52 Å². The van der Waals surface area contributed by atoms with Crippen LogP contribution in [0.2, 0.25) is 0 Å². The summed E-state index contributed by atoms with van der Waals surface area (Å²) in [4.78, 5) is 7.49. The largest absolute Gasteiger partial charge is 0.770 e. The first-order valence-electron chi connectivity index (χ1n) is 6.79. The van der Waals surface area contributed by atoms with E-state index in [0.717, 1.165) is 19.3 Å². The zero-order chi connectivity index (χ0) is 15.5. The molecule has 0 spiro atoms. The fraction of sp³-hybridized carbons (Fsp3) is 0.417. The first-order chi connectivity index (χ1) is 10.7. The summed E-state index contributed by atoms with van der Waals surface area (Å²) in [6, 6.07) is 2.72. The van der Waals surface area contributed by atoms with Crippen molar-refractivity contribution in [3.05, 3.63) is 24.1 Å². The topological polar surface area (TPSA) is 95.2 Å². The number of halogens is 1. The summed E-state index contributed by atoms with van der Waals surface area (Å²) in [7, 11) is -1.88. The highest BCUT2D eigenvalue weighted by atomic mass is 19.1. The van der Waals surface area contributed by atoms with E-state index in [1.54, 1.807) is 12.3 Å². The highest BCUT2D eigenvalue weighted by Crippen LogP contribution is 2.33. The number of rotatable bonds is 5. The highest BCUT2D eigenvalue weighted by Gasteiger charge is 2.30. The van der Waals surface area contributed by atoms with Crippen LogP contribution in [0.25, 0.3) is 10.9 Å². The molecule has 1 atom stereocenters. The van der Waals surface area contributed by atoms with Gasteiger partial charge in [-0.25, -0.2) is 18.7 Å². The summed E-state index contributed by atoms with van der Waals surface area (Å²) in [5, 5.41) is 21.9. The van der Waals surface area contributed by atoms with Gasteiger partial charge in [-0.1, -0.05) is 0 Å². The molecule has 1 aliphatic heterocycles. The van der Waals surface area contributed by atoms with Gasteiger partial charge >= 0.3 is 7.32 Å². The lowest BCUT2D eigenvalue weighted by Crippen LogP contribution is -2.29. The zero-order valence-corrected chi connectivity index (χ0v) is 11.5.